The first-order valence-electron chi connectivity index (χ1n) is 10.7. The van der Waals surface area contributed by atoms with Crippen molar-refractivity contribution in [3.63, 3.8) is 0 Å². The van der Waals surface area contributed by atoms with Gasteiger partial charge in [0.2, 0.25) is 5.91 Å². The van der Waals surface area contributed by atoms with Crippen molar-refractivity contribution in [3.05, 3.63) is 70.8 Å². The number of halogens is 1. The number of pyridine rings is 1. The molecule has 3 aromatic heterocycles. The Morgan fingerprint density at radius 2 is 2.00 bits per heavy atom. The first kappa shape index (κ1) is 23.4. The molecular weight excluding hydrogens is 512 g/mol. The highest BCUT2D eigenvalue weighted by molar-refractivity contribution is 7.91. The van der Waals surface area contributed by atoms with Gasteiger partial charge in [0.15, 0.2) is 5.13 Å². The average molecular weight is 533 g/mol. The lowest BCUT2D eigenvalue weighted by atomic mass is 9.96. The molecule has 4 heterocycles. The first-order chi connectivity index (χ1) is 16.4. The second-order valence-electron chi connectivity index (χ2n) is 8.00. The van der Waals surface area contributed by atoms with Crippen LogP contribution in [0.15, 0.2) is 64.4 Å². The van der Waals surface area contributed by atoms with E-state index in [1.54, 1.807) is 40.9 Å². The summed E-state index contributed by atoms with van der Waals surface area (Å²) in [5, 5.41) is 2.97. The summed E-state index contributed by atoms with van der Waals surface area (Å²) in [4.78, 5) is 24.3. The van der Waals surface area contributed by atoms with E-state index in [2.05, 4.69) is 4.98 Å². The van der Waals surface area contributed by atoms with Gasteiger partial charge < -0.3 is 0 Å². The number of fused-ring (bicyclic) bond motifs is 1. The second-order valence-corrected chi connectivity index (χ2v) is 12.6. The van der Waals surface area contributed by atoms with Gasteiger partial charge in [-0.2, -0.15) is 4.31 Å². The largest absolute Gasteiger partial charge is 0.283 e. The molecule has 0 bridgehead atoms. The maximum Gasteiger partial charge on any atom is 0.252 e. The number of hydrogen-bond donors (Lipinski definition) is 0. The van der Waals surface area contributed by atoms with Gasteiger partial charge in [0.05, 0.1) is 16.8 Å². The Balaban J connectivity index is 1.38. The molecule has 5 rings (SSSR count). The van der Waals surface area contributed by atoms with Gasteiger partial charge in [-0.05, 0) is 54.1 Å². The second kappa shape index (κ2) is 9.71. The predicted octanol–water partition coefficient (Wildman–Crippen LogP) is 5.04. The van der Waals surface area contributed by atoms with Gasteiger partial charge in [-0.25, -0.2) is 13.4 Å². The summed E-state index contributed by atoms with van der Waals surface area (Å²) >= 11 is 8.77. The Morgan fingerprint density at radius 3 is 2.71 bits per heavy atom. The quantitative estimate of drug-likeness (QED) is 0.347. The van der Waals surface area contributed by atoms with Crippen LogP contribution in [0.4, 0.5) is 5.13 Å². The van der Waals surface area contributed by atoms with E-state index in [9.17, 15) is 13.2 Å². The highest BCUT2D eigenvalue weighted by Gasteiger charge is 2.35. The highest BCUT2D eigenvalue weighted by Crippen LogP contribution is 2.34. The lowest BCUT2D eigenvalue weighted by molar-refractivity contribution is -0.123. The van der Waals surface area contributed by atoms with Crippen molar-refractivity contribution in [2.45, 2.75) is 23.6 Å². The maximum absolute atomic E-state index is 13.7. The first-order valence-corrected chi connectivity index (χ1v) is 14.2. The number of hydrogen-bond acceptors (Lipinski definition) is 7. The Bertz CT molecular complexity index is 1400. The number of carbonyl (C=O) groups is 1. The number of sulfonamides is 1. The fourth-order valence-electron chi connectivity index (χ4n) is 4.02. The van der Waals surface area contributed by atoms with Gasteiger partial charge in [-0.15, -0.1) is 11.3 Å². The molecule has 1 saturated heterocycles. The standard InChI is InChI=1S/C23H21ClN4O3S3/c24-18-5-6-19-20(13-18)33-23(26-19)28(15-16-3-1-9-25-14-16)22(29)17-7-10-27(11-8-17)34(30,31)21-4-2-12-32-21/h1-6,9,12-14,17H,7-8,10-11,15H2. The van der Waals surface area contributed by atoms with Gasteiger partial charge in [-0.1, -0.05) is 35.1 Å². The zero-order chi connectivity index (χ0) is 23.7. The maximum atomic E-state index is 13.7. The van der Waals surface area contributed by atoms with E-state index in [0.717, 1.165) is 15.8 Å². The van der Waals surface area contributed by atoms with Crippen LogP contribution in [0.2, 0.25) is 5.02 Å². The lowest BCUT2D eigenvalue weighted by Crippen LogP contribution is -2.44. The molecule has 1 aromatic carbocycles. The van der Waals surface area contributed by atoms with E-state index in [0.29, 0.717) is 46.8 Å². The van der Waals surface area contributed by atoms with Crippen LogP contribution in [0.25, 0.3) is 10.2 Å². The summed E-state index contributed by atoms with van der Waals surface area (Å²) in [5.41, 5.74) is 1.68. The monoisotopic (exact) mass is 532 g/mol. The minimum Gasteiger partial charge on any atom is -0.283 e. The molecule has 0 radical (unpaired) electrons. The van der Waals surface area contributed by atoms with Crippen LogP contribution in [0.3, 0.4) is 0 Å². The average Bonchev–Trinajstić information content (AvgIpc) is 3.53. The zero-order valence-corrected chi connectivity index (χ0v) is 21.2. The van der Waals surface area contributed by atoms with Gasteiger partial charge in [0.25, 0.3) is 10.0 Å². The van der Waals surface area contributed by atoms with Crippen LogP contribution in [-0.2, 0) is 21.4 Å². The Labute approximate surface area is 210 Å². The zero-order valence-electron chi connectivity index (χ0n) is 18.0. The van der Waals surface area contributed by atoms with Crippen molar-refractivity contribution in [3.8, 4) is 0 Å². The Hall–Kier alpha value is -2.37. The van der Waals surface area contributed by atoms with E-state index in [1.807, 2.05) is 24.3 Å². The third kappa shape index (κ3) is 4.73. The van der Waals surface area contributed by atoms with Gasteiger partial charge in [0, 0.05) is 36.4 Å². The van der Waals surface area contributed by atoms with E-state index in [-0.39, 0.29) is 11.8 Å². The summed E-state index contributed by atoms with van der Waals surface area (Å²) in [5.74, 6) is -0.343. The van der Waals surface area contributed by atoms with Crippen LogP contribution in [0, 0.1) is 5.92 Å². The van der Waals surface area contributed by atoms with Crippen molar-refractivity contribution in [1.29, 1.82) is 0 Å². The molecule has 1 fully saturated rings. The van der Waals surface area contributed by atoms with E-state index in [4.69, 9.17) is 16.6 Å². The van der Waals surface area contributed by atoms with Crippen molar-refractivity contribution in [2.75, 3.05) is 18.0 Å². The van der Waals surface area contributed by atoms with Crippen LogP contribution in [0.5, 0.6) is 0 Å². The van der Waals surface area contributed by atoms with Crippen LogP contribution in [-0.4, -0.2) is 41.7 Å². The molecule has 0 unspecified atom stereocenters. The topological polar surface area (TPSA) is 83.5 Å². The molecule has 176 valence electrons. The van der Waals surface area contributed by atoms with Gasteiger partial charge >= 0.3 is 0 Å². The molecule has 1 amide bonds. The van der Waals surface area contributed by atoms with Crippen molar-refractivity contribution in [2.24, 2.45) is 5.92 Å². The molecule has 4 aromatic rings. The van der Waals surface area contributed by atoms with E-state index in [1.165, 1.54) is 27.0 Å². The Morgan fingerprint density at radius 1 is 1.18 bits per heavy atom. The number of rotatable bonds is 6. The molecule has 1 aliphatic heterocycles. The smallest absolute Gasteiger partial charge is 0.252 e. The summed E-state index contributed by atoms with van der Waals surface area (Å²) < 4.78 is 28.4. The SMILES string of the molecule is O=C(C1CCN(S(=O)(=O)c2cccs2)CC1)N(Cc1cccnc1)c1nc2ccc(Cl)cc2s1. The lowest BCUT2D eigenvalue weighted by Gasteiger charge is -2.32. The number of nitrogens with zero attached hydrogens (tertiary/aromatic N) is 4. The van der Waals surface area contributed by atoms with Crippen LogP contribution >= 0.6 is 34.3 Å². The molecule has 1 aliphatic rings. The van der Waals surface area contributed by atoms with Crippen molar-refractivity contribution in [1.82, 2.24) is 14.3 Å². The fraction of sp³-hybridized carbons (Fsp3) is 0.261. The number of thiophene rings is 1. The molecule has 0 saturated carbocycles. The number of carbonyl (C=O) groups excluding carboxylic acids is 1. The summed E-state index contributed by atoms with van der Waals surface area (Å²) in [7, 11) is -3.51. The van der Waals surface area contributed by atoms with Gasteiger partial charge in [0.1, 0.15) is 4.21 Å². The number of anilines is 1. The molecule has 7 nitrogen and oxygen atoms in total. The fourth-order valence-corrected chi connectivity index (χ4v) is 7.88. The van der Waals surface area contributed by atoms with Crippen LogP contribution < -0.4 is 4.90 Å². The van der Waals surface area contributed by atoms with Crippen molar-refractivity contribution < 1.29 is 13.2 Å². The highest BCUT2D eigenvalue weighted by atomic mass is 35.5. The van der Waals surface area contributed by atoms with E-state index < -0.39 is 10.0 Å². The number of benzene rings is 1. The summed E-state index contributed by atoms with van der Waals surface area (Å²) in [6.07, 6.45) is 4.35. The summed E-state index contributed by atoms with van der Waals surface area (Å²) in [6.45, 7) is 0.966. The Kier molecular flexibility index (Phi) is 6.67. The predicted molar refractivity (Wildman–Crippen MR) is 136 cm³/mol. The van der Waals surface area contributed by atoms with E-state index >= 15 is 0 Å². The number of aromatic nitrogens is 2. The molecule has 0 atom stereocenters. The molecule has 0 N–H and O–H groups in total. The minimum atomic E-state index is -3.51. The van der Waals surface area contributed by atoms with Crippen LogP contribution in [0.1, 0.15) is 18.4 Å². The molecular formula is C23H21ClN4O3S3. The number of thiazole rings is 1. The molecule has 0 aliphatic carbocycles. The normalized spacial score (nSPS) is 15.6. The van der Waals surface area contributed by atoms with Crippen molar-refractivity contribution >= 4 is 65.6 Å². The van der Waals surface area contributed by atoms with Gasteiger partial charge in [-0.3, -0.25) is 14.7 Å². The molecule has 34 heavy (non-hydrogen) atoms. The minimum absolute atomic E-state index is 0.0535. The number of piperidine rings is 1. The number of amides is 1. The molecule has 11 heteroatoms. The summed E-state index contributed by atoms with van der Waals surface area (Å²) in [6, 6.07) is 12.6. The third-order valence-corrected chi connectivity index (χ3v) is 10.3. The third-order valence-electron chi connectivity index (χ3n) is 5.79. The molecule has 0 spiro atoms.